The van der Waals surface area contributed by atoms with E-state index in [0.717, 1.165) is 29.2 Å². The van der Waals surface area contributed by atoms with Gasteiger partial charge in [0, 0.05) is 30.0 Å². The van der Waals surface area contributed by atoms with E-state index < -0.39 is 0 Å². The molecule has 1 fully saturated rings. The number of hydrogen-bond donors (Lipinski definition) is 1. The number of halogens is 1. The third kappa shape index (κ3) is 5.51. The van der Waals surface area contributed by atoms with E-state index in [1.165, 1.54) is 18.4 Å². The van der Waals surface area contributed by atoms with Crippen LogP contribution in [-0.2, 0) is 11.2 Å². The van der Waals surface area contributed by atoms with Crippen LogP contribution in [0.4, 0.5) is 0 Å². The highest BCUT2D eigenvalue weighted by Gasteiger charge is 2.25. The number of carbonyl (C=O) groups is 1. The minimum absolute atomic E-state index is 0.0358. The van der Waals surface area contributed by atoms with Crippen molar-refractivity contribution in [3.05, 3.63) is 70.6 Å². The summed E-state index contributed by atoms with van der Waals surface area (Å²) < 4.78 is 5.32. The zero-order valence-corrected chi connectivity index (χ0v) is 18.4. The van der Waals surface area contributed by atoms with Crippen molar-refractivity contribution in [2.24, 2.45) is 0 Å². The predicted octanol–water partition coefficient (Wildman–Crippen LogP) is 4.58. The molecule has 3 aromatic rings. The number of aromatic nitrogens is 2. The number of nitrogens with one attached hydrogen (secondary N) is 1. The van der Waals surface area contributed by atoms with Crippen molar-refractivity contribution in [3.8, 4) is 11.4 Å². The average Bonchev–Trinajstić information content (AvgIpc) is 3.47. The molecule has 0 aliphatic carbocycles. The lowest BCUT2D eigenvalue weighted by Gasteiger charge is -2.29. The monoisotopic (exact) mass is 438 g/mol. The van der Waals surface area contributed by atoms with Gasteiger partial charge in [-0.2, -0.15) is 4.98 Å². The normalized spacial score (nSPS) is 15.2. The minimum atomic E-state index is -0.0358. The molecule has 1 atom stereocenters. The molecule has 2 heterocycles. The first kappa shape index (κ1) is 21.5. The summed E-state index contributed by atoms with van der Waals surface area (Å²) in [5, 5.41) is 7.84. The molecule has 162 valence electrons. The molecule has 0 spiro atoms. The van der Waals surface area contributed by atoms with Gasteiger partial charge in [0.25, 0.3) is 0 Å². The molecule has 1 N–H and O–H groups in total. The lowest BCUT2D eigenvalue weighted by Crippen LogP contribution is -2.37. The van der Waals surface area contributed by atoms with Crippen LogP contribution in [0.2, 0.25) is 5.02 Å². The summed E-state index contributed by atoms with van der Waals surface area (Å²) in [5.74, 6) is 0.975. The predicted molar refractivity (Wildman–Crippen MR) is 121 cm³/mol. The van der Waals surface area contributed by atoms with Crippen LogP contribution >= 0.6 is 11.6 Å². The first-order chi connectivity index (χ1) is 15.1. The van der Waals surface area contributed by atoms with Crippen LogP contribution in [0.1, 0.15) is 42.3 Å². The summed E-state index contributed by atoms with van der Waals surface area (Å²) in [6.45, 7) is 4.61. The highest BCUT2D eigenvalue weighted by atomic mass is 35.5. The highest BCUT2D eigenvalue weighted by molar-refractivity contribution is 6.31. The Labute approximate surface area is 187 Å². The number of likely N-dealkylation sites (tertiary alicyclic amines) is 1. The Kier molecular flexibility index (Phi) is 6.99. The number of carbonyl (C=O) groups excluding carboxylic acids is 1. The van der Waals surface area contributed by atoms with Crippen molar-refractivity contribution in [1.29, 1.82) is 0 Å². The summed E-state index contributed by atoms with van der Waals surface area (Å²) in [6.07, 6.45) is 3.06. The van der Waals surface area contributed by atoms with E-state index in [1.807, 2.05) is 55.5 Å². The third-order valence-corrected chi connectivity index (χ3v) is 6.03. The third-order valence-electron chi connectivity index (χ3n) is 5.68. The fourth-order valence-electron chi connectivity index (χ4n) is 3.93. The molecule has 0 radical (unpaired) electrons. The molecule has 1 amide bonds. The molecule has 0 bridgehead atoms. The van der Waals surface area contributed by atoms with Crippen LogP contribution in [0, 0.1) is 6.92 Å². The Morgan fingerprint density at radius 3 is 2.65 bits per heavy atom. The largest absolute Gasteiger partial charge is 0.354 e. The van der Waals surface area contributed by atoms with Gasteiger partial charge in [0.2, 0.25) is 17.6 Å². The van der Waals surface area contributed by atoms with Crippen LogP contribution in [-0.4, -0.2) is 40.6 Å². The highest BCUT2D eigenvalue weighted by Crippen LogP contribution is 2.29. The molecule has 1 aliphatic heterocycles. The molecule has 0 saturated carbocycles. The van der Waals surface area contributed by atoms with Gasteiger partial charge in [-0.1, -0.05) is 64.8 Å². The second kappa shape index (κ2) is 10.1. The minimum Gasteiger partial charge on any atom is -0.354 e. The van der Waals surface area contributed by atoms with Gasteiger partial charge in [0.15, 0.2) is 0 Å². The molecule has 7 heteroatoms. The summed E-state index contributed by atoms with van der Waals surface area (Å²) >= 11 is 6.45. The van der Waals surface area contributed by atoms with Crippen LogP contribution in [0.25, 0.3) is 11.4 Å². The quantitative estimate of drug-likeness (QED) is 0.557. The van der Waals surface area contributed by atoms with Gasteiger partial charge in [-0.25, -0.2) is 0 Å². The van der Waals surface area contributed by atoms with E-state index in [1.54, 1.807) is 0 Å². The molecular weight excluding hydrogens is 412 g/mol. The van der Waals surface area contributed by atoms with Crippen LogP contribution < -0.4 is 5.32 Å². The Hall–Kier alpha value is -2.70. The summed E-state index contributed by atoms with van der Waals surface area (Å²) in [6, 6.07) is 15.9. The van der Waals surface area contributed by atoms with E-state index in [2.05, 4.69) is 20.4 Å². The van der Waals surface area contributed by atoms with Crippen molar-refractivity contribution in [1.82, 2.24) is 20.4 Å². The van der Waals surface area contributed by atoms with E-state index in [4.69, 9.17) is 16.1 Å². The van der Waals surface area contributed by atoms with Crippen molar-refractivity contribution in [2.45, 2.75) is 38.6 Å². The number of aryl methyl sites for hydroxylation is 2. The Balaban J connectivity index is 1.33. The van der Waals surface area contributed by atoms with Gasteiger partial charge in [-0.05, 0) is 44.5 Å². The lowest BCUT2D eigenvalue weighted by atomic mass is 10.1. The van der Waals surface area contributed by atoms with Gasteiger partial charge in [-0.15, -0.1) is 0 Å². The molecule has 1 aliphatic rings. The SMILES string of the molecule is Cc1ccc(-c2noc(CCC(=O)NC[C@@H](c3ccccc3Cl)N3CCCC3)n2)cc1. The van der Waals surface area contributed by atoms with Crippen molar-refractivity contribution in [2.75, 3.05) is 19.6 Å². The van der Waals surface area contributed by atoms with Gasteiger partial charge in [-0.3, -0.25) is 9.69 Å². The fraction of sp³-hybridized carbons (Fsp3) is 0.375. The number of hydrogen-bond acceptors (Lipinski definition) is 5. The van der Waals surface area contributed by atoms with E-state index in [0.29, 0.717) is 31.1 Å². The van der Waals surface area contributed by atoms with Crippen molar-refractivity contribution < 1.29 is 9.32 Å². The Morgan fingerprint density at radius 2 is 1.90 bits per heavy atom. The first-order valence-corrected chi connectivity index (χ1v) is 11.1. The zero-order valence-electron chi connectivity index (χ0n) is 17.7. The summed E-state index contributed by atoms with van der Waals surface area (Å²) in [7, 11) is 0. The molecule has 2 aromatic carbocycles. The maximum atomic E-state index is 12.5. The van der Waals surface area contributed by atoms with Crippen LogP contribution in [0.5, 0.6) is 0 Å². The maximum absolute atomic E-state index is 12.5. The molecule has 1 aromatic heterocycles. The summed E-state index contributed by atoms with van der Waals surface area (Å²) in [4.78, 5) is 19.3. The molecule has 6 nitrogen and oxygen atoms in total. The molecule has 31 heavy (non-hydrogen) atoms. The van der Waals surface area contributed by atoms with Crippen LogP contribution in [0.3, 0.4) is 0 Å². The van der Waals surface area contributed by atoms with Gasteiger partial charge < -0.3 is 9.84 Å². The van der Waals surface area contributed by atoms with Crippen molar-refractivity contribution in [3.63, 3.8) is 0 Å². The van der Waals surface area contributed by atoms with E-state index >= 15 is 0 Å². The number of nitrogens with zero attached hydrogens (tertiary/aromatic N) is 3. The maximum Gasteiger partial charge on any atom is 0.227 e. The molecule has 0 unspecified atom stereocenters. The average molecular weight is 439 g/mol. The number of rotatable bonds is 8. The standard InChI is InChI=1S/C24H27ClN4O2/c1-17-8-10-18(11-9-17)24-27-23(31-28-24)13-12-22(30)26-16-21(29-14-4-5-15-29)19-6-2-3-7-20(19)25/h2-3,6-11,21H,4-5,12-16H2,1H3,(H,26,30)/t21-/m0/s1. The second-order valence-corrected chi connectivity index (χ2v) is 8.37. The number of amides is 1. The van der Waals surface area contributed by atoms with E-state index in [9.17, 15) is 4.79 Å². The molecular formula is C24H27ClN4O2. The van der Waals surface area contributed by atoms with Gasteiger partial charge in [0.1, 0.15) is 0 Å². The number of benzene rings is 2. The van der Waals surface area contributed by atoms with Gasteiger partial charge >= 0.3 is 0 Å². The van der Waals surface area contributed by atoms with E-state index in [-0.39, 0.29) is 11.9 Å². The zero-order chi connectivity index (χ0) is 21.6. The Bertz CT molecular complexity index is 1010. The molecule has 4 rings (SSSR count). The lowest BCUT2D eigenvalue weighted by molar-refractivity contribution is -0.121. The first-order valence-electron chi connectivity index (χ1n) is 10.7. The van der Waals surface area contributed by atoms with Crippen LogP contribution in [0.15, 0.2) is 53.1 Å². The smallest absolute Gasteiger partial charge is 0.227 e. The summed E-state index contributed by atoms with van der Waals surface area (Å²) in [5.41, 5.74) is 3.14. The topological polar surface area (TPSA) is 71.3 Å². The second-order valence-electron chi connectivity index (χ2n) is 7.96. The van der Waals surface area contributed by atoms with Crippen molar-refractivity contribution >= 4 is 17.5 Å². The molecule has 1 saturated heterocycles. The van der Waals surface area contributed by atoms with Gasteiger partial charge in [0.05, 0.1) is 6.04 Å². The fourth-order valence-corrected chi connectivity index (χ4v) is 4.19. The Morgan fingerprint density at radius 1 is 1.16 bits per heavy atom.